The second-order valence-electron chi connectivity index (χ2n) is 8.55. The quantitative estimate of drug-likeness (QED) is 0.216. The van der Waals surface area contributed by atoms with Crippen molar-refractivity contribution in [2.24, 2.45) is 0 Å². The van der Waals surface area contributed by atoms with Crippen LogP contribution in [-0.4, -0.2) is 27.0 Å². The molecule has 0 N–H and O–H groups in total. The van der Waals surface area contributed by atoms with Crippen molar-refractivity contribution in [2.45, 2.75) is 32.7 Å². The van der Waals surface area contributed by atoms with Gasteiger partial charge in [-0.1, -0.05) is 85.0 Å². The highest BCUT2D eigenvalue weighted by molar-refractivity contribution is 7.22. The first-order valence-corrected chi connectivity index (χ1v) is 12.8. The number of imidazole rings is 1. The molecule has 7 heteroatoms. The number of fused-ring (bicyclic) bond motifs is 1. The zero-order chi connectivity index (χ0) is 24.0. The number of carbonyl (C=O) groups is 1. The lowest BCUT2D eigenvalue weighted by molar-refractivity contribution is -0.118. The van der Waals surface area contributed by atoms with Gasteiger partial charge in [-0.25, -0.2) is 9.97 Å². The maximum absolute atomic E-state index is 13.6. The predicted molar refractivity (Wildman–Crippen MR) is 151 cm³/mol. The number of para-hydroxylation sites is 1. The smallest absolute Gasteiger partial charge is 0.233 e. The molecule has 2 heterocycles. The fourth-order valence-corrected chi connectivity index (χ4v) is 5.32. The van der Waals surface area contributed by atoms with Crippen LogP contribution in [0.1, 0.15) is 24.5 Å². The standard InChI is InChI=1S/C29H28N4OS.ClH/c1-2-23-10-6-11-26-28(23)31-29(35-26)33(18-7-17-32-19-16-30-21-32)27(34)20-22-12-14-25(15-13-22)24-8-4-3-5-9-24;/h3-6,8-16,19,21H,2,7,17-18,20H2,1H3;1H. The highest BCUT2D eigenvalue weighted by atomic mass is 35.5. The number of halogens is 1. The first-order valence-electron chi connectivity index (χ1n) is 12.0. The molecule has 0 radical (unpaired) electrons. The number of anilines is 1. The van der Waals surface area contributed by atoms with Gasteiger partial charge in [0.15, 0.2) is 5.13 Å². The maximum atomic E-state index is 13.6. The van der Waals surface area contributed by atoms with Crippen LogP contribution in [0.2, 0.25) is 0 Å². The normalized spacial score (nSPS) is 10.8. The van der Waals surface area contributed by atoms with Crippen molar-refractivity contribution in [1.82, 2.24) is 14.5 Å². The molecule has 0 bridgehead atoms. The summed E-state index contributed by atoms with van der Waals surface area (Å²) in [5.41, 5.74) is 5.55. The van der Waals surface area contributed by atoms with Crippen LogP contribution < -0.4 is 4.90 Å². The largest absolute Gasteiger partial charge is 0.337 e. The van der Waals surface area contributed by atoms with Gasteiger partial charge < -0.3 is 4.57 Å². The van der Waals surface area contributed by atoms with Gasteiger partial charge in [-0.05, 0) is 41.2 Å². The predicted octanol–water partition coefficient (Wildman–Crippen LogP) is 6.81. The highest BCUT2D eigenvalue weighted by Crippen LogP contribution is 2.32. The zero-order valence-electron chi connectivity index (χ0n) is 20.2. The van der Waals surface area contributed by atoms with Crippen LogP contribution in [0.5, 0.6) is 0 Å². The van der Waals surface area contributed by atoms with Crippen LogP contribution >= 0.6 is 23.7 Å². The Labute approximate surface area is 221 Å². The number of thiazole rings is 1. The molecule has 0 saturated heterocycles. The van der Waals surface area contributed by atoms with Gasteiger partial charge in [-0.15, -0.1) is 12.4 Å². The summed E-state index contributed by atoms with van der Waals surface area (Å²) in [5, 5.41) is 0.775. The molecule has 0 aliphatic carbocycles. The summed E-state index contributed by atoms with van der Waals surface area (Å²) in [6, 6.07) is 24.9. The Morgan fingerprint density at radius 1 is 0.972 bits per heavy atom. The van der Waals surface area contributed by atoms with Gasteiger partial charge in [0.05, 0.1) is 23.0 Å². The molecule has 0 aliphatic heterocycles. The Morgan fingerprint density at radius 2 is 1.75 bits per heavy atom. The van der Waals surface area contributed by atoms with E-state index in [4.69, 9.17) is 4.98 Å². The minimum atomic E-state index is 0. The summed E-state index contributed by atoms with van der Waals surface area (Å²) < 4.78 is 3.16. The fraction of sp³-hybridized carbons (Fsp3) is 0.207. The van der Waals surface area contributed by atoms with Crippen molar-refractivity contribution in [3.8, 4) is 11.1 Å². The molecule has 0 atom stereocenters. The minimum Gasteiger partial charge on any atom is -0.337 e. The molecular weight excluding hydrogens is 488 g/mol. The number of hydrogen-bond acceptors (Lipinski definition) is 4. The van der Waals surface area contributed by atoms with Gasteiger partial charge in [-0.2, -0.15) is 0 Å². The van der Waals surface area contributed by atoms with Crippen LogP contribution in [-0.2, 0) is 24.2 Å². The molecule has 36 heavy (non-hydrogen) atoms. The van der Waals surface area contributed by atoms with Crippen molar-refractivity contribution >= 4 is 45.0 Å². The van der Waals surface area contributed by atoms with E-state index in [1.807, 2.05) is 40.2 Å². The number of amides is 1. The molecule has 5 aromatic rings. The number of aromatic nitrogens is 3. The average molecular weight is 517 g/mol. The zero-order valence-corrected chi connectivity index (χ0v) is 21.8. The number of benzene rings is 3. The number of aryl methyl sites for hydroxylation is 2. The van der Waals surface area contributed by atoms with E-state index in [-0.39, 0.29) is 18.3 Å². The molecular formula is C29H29ClN4OS. The fourth-order valence-electron chi connectivity index (χ4n) is 4.27. The van der Waals surface area contributed by atoms with Gasteiger partial charge in [0.25, 0.3) is 0 Å². The second-order valence-corrected chi connectivity index (χ2v) is 9.56. The van der Waals surface area contributed by atoms with Crippen molar-refractivity contribution in [3.05, 3.63) is 103 Å². The van der Waals surface area contributed by atoms with Crippen LogP contribution in [0.4, 0.5) is 5.13 Å². The van der Waals surface area contributed by atoms with Crippen LogP contribution in [0.15, 0.2) is 91.5 Å². The van der Waals surface area contributed by atoms with E-state index < -0.39 is 0 Å². The highest BCUT2D eigenvalue weighted by Gasteiger charge is 2.20. The summed E-state index contributed by atoms with van der Waals surface area (Å²) >= 11 is 1.60. The van der Waals surface area contributed by atoms with E-state index in [0.29, 0.717) is 13.0 Å². The van der Waals surface area contributed by atoms with Gasteiger partial charge in [-0.3, -0.25) is 9.69 Å². The van der Waals surface area contributed by atoms with Crippen molar-refractivity contribution in [3.63, 3.8) is 0 Å². The molecule has 1 amide bonds. The van der Waals surface area contributed by atoms with Gasteiger partial charge >= 0.3 is 0 Å². The molecule has 0 unspecified atom stereocenters. The van der Waals surface area contributed by atoms with Crippen LogP contribution in [0, 0.1) is 0 Å². The molecule has 0 aliphatic rings. The Kier molecular flexibility index (Phi) is 8.52. The summed E-state index contributed by atoms with van der Waals surface area (Å²) in [7, 11) is 0. The molecule has 5 rings (SSSR count). The lowest BCUT2D eigenvalue weighted by Crippen LogP contribution is -2.33. The van der Waals surface area contributed by atoms with Crippen LogP contribution in [0.25, 0.3) is 21.3 Å². The van der Waals surface area contributed by atoms with Gasteiger partial charge in [0.2, 0.25) is 5.91 Å². The van der Waals surface area contributed by atoms with E-state index in [1.165, 1.54) is 11.1 Å². The number of carbonyl (C=O) groups excluding carboxylic acids is 1. The van der Waals surface area contributed by atoms with Crippen molar-refractivity contribution in [2.75, 3.05) is 11.4 Å². The Morgan fingerprint density at radius 3 is 2.47 bits per heavy atom. The van der Waals surface area contributed by atoms with Crippen molar-refractivity contribution in [1.29, 1.82) is 0 Å². The summed E-state index contributed by atoms with van der Waals surface area (Å²) in [6.45, 7) is 3.56. The summed E-state index contributed by atoms with van der Waals surface area (Å²) in [6.07, 6.45) is 7.63. The Bertz CT molecular complexity index is 1400. The molecule has 0 spiro atoms. The summed E-state index contributed by atoms with van der Waals surface area (Å²) in [5.74, 6) is 0.0696. The monoisotopic (exact) mass is 516 g/mol. The molecule has 5 nitrogen and oxygen atoms in total. The number of rotatable bonds is 9. The molecule has 0 fully saturated rings. The van der Waals surface area contributed by atoms with E-state index >= 15 is 0 Å². The minimum absolute atomic E-state index is 0. The average Bonchev–Trinajstić information content (AvgIpc) is 3.57. The van der Waals surface area contributed by atoms with Gasteiger partial charge in [0, 0.05) is 25.5 Å². The third kappa shape index (κ3) is 5.83. The van der Waals surface area contributed by atoms with E-state index in [0.717, 1.165) is 45.9 Å². The lowest BCUT2D eigenvalue weighted by atomic mass is 10.0. The Balaban J connectivity index is 0.00000304. The number of nitrogens with zero attached hydrogens (tertiary/aromatic N) is 4. The maximum Gasteiger partial charge on any atom is 0.233 e. The third-order valence-electron chi connectivity index (χ3n) is 6.18. The first kappa shape index (κ1) is 25.6. The summed E-state index contributed by atoms with van der Waals surface area (Å²) in [4.78, 5) is 24.5. The van der Waals surface area contributed by atoms with E-state index in [9.17, 15) is 4.79 Å². The topological polar surface area (TPSA) is 51.0 Å². The second kappa shape index (κ2) is 12.0. The number of hydrogen-bond donors (Lipinski definition) is 0. The lowest BCUT2D eigenvalue weighted by Gasteiger charge is -2.20. The van der Waals surface area contributed by atoms with Crippen LogP contribution in [0.3, 0.4) is 0 Å². The van der Waals surface area contributed by atoms with E-state index in [2.05, 4.69) is 66.5 Å². The molecule has 3 aromatic carbocycles. The first-order chi connectivity index (χ1) is 17.2. The molecule has 184 valence electrons. The SMILES string of the molecule is CCc1cccc2sc(N(CCCn3ccnc3)C(=O)Cc3ccc(-c4ccccc4)cc3)nc12.Cl. The van der Waals surface area contributed by atoms with Crippen molar-refractivity contribution < 1.29 is 4.79 Å². The van der Waals surface area contributed by atoms with E-state index in [1.54, 1.807) is 17.5 Å². The third-order valence-corrected chi connectivity index (χ3v) is 7.22. The Hall–Kier alpha value is -3.48. The molecule has 2 aromatic heterocycles. The van der Waals surface area contributed by atoms with Gasteiger partial charge in [0.1, 0.15) is 0 Å². The molecule has 0 saturated carbocycles.